The second-order valence-corrected chi connectivity index (χ2v) is 9.81. The molecule has 0 atom stereocenters. The molecule has 0 saturated heterocycles. The second kappa shape index (κ2) is 8.61. The van der Waals surface area contributed by atoms with E-state index in [1.165, 1.54) is 25.1 Å². The Morgan fingerprint density at radius 3 is 2.50 bits per heavy atom. The average molecular weight is 474 g/mol. The maximum absolute atomic E-state index is 14.1. The first-order chi connectivity index (χ1) is 16.0. The van der Waals surface area contributed by atoms with E-state index in [0.29, 0.717) is 41.0 Å². The number of Topliss-reactive ketones (excluding diaryl/α,β-unsaturated/α-hetero) is 1. The van der Waals surface area contributed by atoms with Gasteiger partial charge < -0.3 is 20.3 Å². The lowest BCUT2D eigenvalue weighted by Gasteiger charge is -2.49. The van der Waals surface area contributed by atoms with Gasteiger partial charge in [0.2, 0.25) is 0 Å². The molecular weight excluding hydrogens is 444 g/mol. The number of hydrogen-bond acceptors (Lipinski definition) is 4. The van der Waals surface area contributed by atoms with Crippen molar-refractivity contribution in [1.82, 2.24) is 9.88 Å². The predicted octanol–water partition coefficient (Wildman–Crippen LogP) is 3.38. The van der Waals surface area contributed by atoms with Crippen molar-refractivity contribution in [2.45, 2.75) is 70.6 Å². The molecule has 1 fully saturated rings. The van der Waals surface area contributed by atoms with E-state index >= 15 is 0 Å². The number of rotatable bonds is 6. The molecule has 1 aromatic carbocycles. The van der Waals surface area contributed by atoms with Gasteiger partial charge in [-0.3, -0.25) is 14.4 Å². The van der Waals surface area contributed by atoms with Crippen LogP contribution in [0, 0.1) is 19.7 Å². The molecule has 182 valence electrons. The van der Waals surface area contributed by atoms with Crippen LogP contribution in [0.1, 0.15) is 70.3 Å². The van der Waals surface area contributed by atoms with E-state index in [1.807, 2.05) is 0 Å². The number of alkyl halides is 1. The number of benzene rings is 1. The number of carbonyl (C=O) groups is 3. The van der Waals surface area contributed by atoms with E-state index in [-0.39, 0.29) is 24.4 Å². The summed E-state index contributed by atoms with van der Waals surface area (Å²) in [4.78, 5) is 39.3. The highest BCUT2D eigenvalue weighted by molar-refractivity contribution is 6.43. The molecule has 34 heavy (non-hydrogen) atoms. The molecule has 2 heterocycles. The van der Waals surface area contributed by atoms with E-state index in [1.54, 1.807) is 18.4 Å². The number of carbonyl (C=O) groups excluding carboxylic acids is 3. The molecule has 7 nitrogen and oxygen atoms in total. The smallest absolute Gasteiger partial charge is 0.294 e. The van der Waals surface area contributed by atoms with Crippen LogP contribution in [-0.2, 0) is 17.8 Å². The number of aliphatic hydroxyl groups excluding tert-OH is 1. The molecule has 4 rings (SSSR count). The van der Waals surface area contributed by atoms with Crippen molar-refractivity contribution in [1.29, 1.82) is 0 Å². The highest BCUT2D eigenvalue weighted by atomic mass is 19.1. The molecule has 3 N–H and O–H groups in total. The Bertz CT molecular complexity index is 1180. The van der Waals surface area contributed by atoms with Crippen LogP contribution >= 0.6 is 0 Å². The van der Waals surface area contributed by atoms with Crippen LogP contribution in [0.3, 0.4) is 0 Å². The lowest BCUT2D eigenvalue weighted by atomic mass is 9.67. The molecule has 0 unspecified atom stereocenters. The molecule has 9 heteroatoms. The summed E-state index contributed by atoms with van der Waals surface area (Å²) in [5.74, 6) is -2.57. The number of hydrogen-bond donors (Lipinski definition) is 3. The zero-order valence-electron chi connectivity index (χ0n) is 19.6. The van der Waals surface area contributed by atoms with Gasteiger partial charge in [0, 0.05) is 30.8 Å². The largest absolute Gasteiger partial charge is 0.394 e. The Morgan fingerprint density at radius 1 is 1.18 bits per heavy atom. The number of ketones is 1. The summed E-state index contributed by atoms with van der Waals surface area (Å²) in [7, 11) is 0. The number of anilines is 1. The van der Waals surface area contributed by atoms with E-state index in [2.05, 4.69) is 10.6 Å². The van der Waals surface area contributed by atoms with Gasteiger partial charge in [-0.2, -0.15) is 0 Å². The first-order valence-corrected chi connectivity index (χ1v) is 11.4. The molecular formula is C25H29F2N3O4. The number of amides is 2. The fourth-order valence-corrected chi connectivity index (χ4v) is 5.39. The SMILES string of the molecule is Cc1cc(NC(=O)c2c(C)c(C(=O)C(=O)NC3(CO)CC(C)(F)C3)n3c2CCCC3)ccc1F. The summed E-state index contributed by atoms with van der Waals surface area (Å²) in [6.07, 6.45) is 2.04. The summed E-state index contributed by atoms with van der Waals surface area (Å²) < 4.78 is 29.4. The molecule has 2 amide bonds. The Hall–Kier alpha value is -3.07. The number of halogens is 2. The minimum atomic E-state index is -1.51. The number of aryl methyl sites for hydroxylation is 1. The van der Waals surface area contributed by atoms with E-state index in [9.17, 15) is 28.3 Å². The number of nitrogens with one attached hydrogen (secondary N) is 2. The standard InChI is InChI=1S/C25H29F2N3O4/c1-14-10-16(7-8-17(14)26)28-22(33)19-15(2)20(30-9-5-4-6-18(19)30)21(32)23(34)29-25(13-31)11-24(3,27)12-25/h7-8,10,31H,4-6,9,11-13H2,1-3H3,(H,28,33)(H,29,34). The molecule has 0 radical (unpaired) electrons. The molecule has 0 bridgehead atoms. The van der Waals surface area contributed by atoms with Crippen molar-refractivity contribution in [2.75, 3.05) is 11.9 Å². The van der Waals surface area contributed by atoms with Crippen molar-refractivity contribution >= 4 is 23.3 Å². The number of fused-ring (bicyclic) bond motifs is 1. The van der Waals surface area contributed by atoms with Crippen LogP contribution < -0.4 is 10.6 Å². The van der Waals surface area contributed by atoms with Crippen LogP contribution in [0.2, 0.25) is 0 Å². The molecule has 1 aliphatic carbocycles. The molecule has 2 aliphatic rings. The average Bonchev–Trinajstić information content (AvgIpc) is 3.05. The quantitative estimate of drug-likeness (QED) is 0.442. The third-order valence-corrected chi connectivity index (χ3v) is 6.82. The van der Waals surface area contributed by atoms with Crippen molar-refractivity contribution in [3.05, 3.63) is 52.1 Å². The van der Waals surface area contributed by atoms with Crippen molar-refractivity contribution < 1.29 is 28.3 Å². The van der Waals surface area contributed by atoms with Crippen LogP contribution in [0.15, 0.2) is 18.2 Å². The van der Waals surface area contributed by atoms with Gasteiger partial charge in [0.25, 0.3) is 17.6 Å². The van der Waals surface area contributed by atoms with Crippen molar-refractivity contribution in [3.63, 3.8) is 0 Å². The van der Waals surface area contributed by atoms with Crippen LogP contribution in [0.5, 0.6) is 0 Å². The van der Waals surface area contributed by atoms with Gasteiger partial charge in [-0.1, -0.05) is 0 Å². The normalized spacial score (nSPS) is 23.6. The minimum Gasteiger partial charge on any atom is -0.394 e. The van der Waals surface area contributed by atoms with Gasteiger partial charge in [0.05, 0.1) is 23.4 Å². The van der Waals surface area contributed by atoms with Crippen molar-refractivity contribution in [2.24, 2.45) is 0 Å². The molecule has 1 aromatic heterocycles. The maximum Gasteiger partial charge on any atom is 0.294 e. The zero-order chi connectivity index (χ0) is 24.8. The monoisotopic (exact) mass is 473 g/mol. The van der Waals surface area contributed by atoms with Gasteiger partial charge in [-0.05, 0) is 69.4 Å². The molecule has 0 spiro atoms. The van der Waals surface area contributed by atoms with Gasteiger partial charge in [0.1, 0.15) is 11.5 Å². The number of aliphatic hydroxyl groups is 1. The van der Waals surface area contributed by atoms with Gasteiger partial charge in [0.15, 0.2) is 0 Å². The van der Waals surface area contributed by atoms with Gasteiger partial charge in [-0.15, -0.1) is 0 Å². The zero-order valence-corrected chi connectivity index (χ0v) is 19.6. The molecule has 1 saturated carbocycles. The molecule has 2 aromatic rings. The lowest BCUT2D eigenvalue weighted by molar-refractivity contribution is -0.125. The summed E-state index contributed by atoms with van der Waals surface area (Å²) in [6.45, 7) is 4.62. The first-order valence-electron chi connectivity index (χ1n) is 11.4. The van der Waals surface area contributed by atoms with E-state index < -0.39 is 35.4 Å². The predicted molar refractivity (Wildman–Crippen MR) is 122 cm³/mol. The fourth-order valence-electron chi connectivity index (χ4n) is 5.39. The maximum atomic E-state index is 14.1. The fraction of sp³-hybridized carbons (Fsp3) is 0.480. The lowest BCUT2D eigenvalue weighted by Crippen LogP contribution is -2.65. The van der Waals surface area contributed by atoms with Crippen LogP contribution in [0.4, 0.5) is 14.5 Å². The van der Waals surface area contributed by atoms with Crippen LogP contribution in [-0.4, -0.2) is 45.1 Å². The summed E-state index contributed by atoms with van der Waals surface area (Å²) in [5.41, 5.74) is -0.343. The Morgan fingerprint density at radius 2 is 1.88 bits per heavy atom. The topological polar surface area (TPSA) is 100 Å². The van der Waals surface area contributed by atoms with Gasteiger partial charge in [-0.25, -0.2) is 8.78 Å². The third kappa shape index (κ3) is 4.24. The number of aromatic nitrogens is 1. The summed E-state index contributed by atoms with van der Waals surface area (Å²) in [5, 5.41) is 15.0. The first kappa shape index (κ1) is 24.1. The van der Waals surface area contributed by atoms with Crippen LogP contribution in [0.25, 0.3) is 0 Å². The number of nitrogens with zero attached hydrogens (tertiary/aromatic N) is 1. The Balaban J connectivity index is 1.63. The van der Waals surface area contributed by atoms with E-state index in [0.717, 1.165) is 12.8 Å². The second-order valence-electron chi connectivity index (χ2n) is 9.81. The Kier molecular flexibility index (Phi) is 6.10. The molecule has 1 aliphatic heterocycles. The van der Waals surface area contributed by atoms with Gasteiger partial charge >= 0.3 is 0 Å². The van der Waals surface area contributed by atoms with Crippen molar-refractivity contribution in [3.8, 4) is 0 Å². The third-order valence-electron chi connectivity index (χ3n) is 6.82. The highest BCUT2D eigenvalue weighted by Gasteiger charge is 2.54. The highest BCUT2D eigenvalue weighted by Crippen LogP contribution is 2.44. The Labute approximate surface area is 196 Å². The summed E-state index contributed by atoms with van der Waals surface area (Å²) in [6, 6.07) is 4.26. The minimum absolute atomic E-state index is 0.0779. The summed E-state index contributed by atoms with van der Waals surface area (Å²) >= 11 is 0. The van der Waals surface area contributed by atoms with E-state index in [4.69, 9.17) is 0 Å².